The zero-order valence-electron chi connectivity index (χ0n) is 8.58. The number of nitrogens with one attached hydrogen (secondary N) is 2. The lowest BCUT2D eigenvalue weighted by Gasteiger charge is -1.97. The number of hydrogen-bond donors (Lipinski definition) is 2. The first-order chi connectivity index (χ1) is 7.25. The third-order valence-electron chi connectivity index (χ3n) is 2.33. The molecular formula is C11H13N3O. The molecule has 0 atom stereocenters. The maximum atomic E-state index is 11.5. The normalized spacial score (nSPS) is 17.9. The van der Waals surface area contributed by atoms with E-state index in [1.54, 1.807) is 18.3 Å². The highest BCUT2D eigenvalue weighted by molar-refractivity contribution is 5.99. The first-order valence-electron chi connectivity index (χ1n) is 4.93. The highest BCUT2D eigenvalue weighted by Crippen LogP contribution is 2.14. The first kappa shape index (κ1) is 9.71. The molecule has 4 nitrogen and oxygen atoms in total. The summed E-state index contributed by atoms with van der Waals surface area (Å²) in [5, 5.41) is 4.05. The van der Waals surface area contributed by atoms with Crippen molar-refractivity contribution in [2.45, 2.75) is 19.8 Å². The monoisotopic (exact) mass is 203 g/mol. The number of aromatic nitrogens is 1. The zero-order valence-corrected chi connectivity index (χ0v) is 8.58. The lowest BCUT2D eigenvalue weighted by atomic mass is 10.3. The number of rotatable bonds is 2. The first-order valence-corrected chi connectivity index (χ1v) is 4.93. The van der Waals surface area contributed by atoms with Crippen LogP contribution in [-0.2, 0) is 0 Å². The Balaban J connectivity index is 1.97. The highest BCUT2D eigenvalue weighted by Gasteiger charge is 2.08. The van der Waals surface area contributed by atoms with Gasteiger partial charge in [0.25, 0.3) is 5.91 Å². The van der Waals surface area contributed by atoms with Crippen LogP contribution in [-0.4, -0.2) is 16.6 Å². The molecule has 0 bridgehead atoms. The molecule has 1 aliphatic carbocycles. The van der Waals surface area contributed by atoms with Crippen LogP contribution in [0.1, 0.15) is 30.3 Å². The van der Waals surface area contributed by atoms with Crippen LogP contribution in [0.15, 0.2) is 35.1 Å². The Labute approximate surface area is 88.1 Å². The molecule has 15 heavy (non-hydrogen) atoms. The van der Waals surface area contributed by atoms with E-state index in [4.69, 9.17) is 0 Å². The summed E-state index contributed by atoms with van der Waals surface area (Å²) in [4.78, 5) is 14.3. The molecule has 1 amide bonds. The van der Waals surface area contributed by atoms with Crippen molar-refractivity contribution in [3.05, 3.63) is 35.7 Å². The second kappa shape index (κ2) is 4.13. The van der Waals surface area contributed by atoms with Crippen molar-refractivity contribution in [2.24, 2.45) is 5.10 Å². The third kappa shape index (κ3) is 2.34. The largest absolute Gasteiger partial charge is 0.357 e. The van der Waals surface area contributed by atoms with Crippen molar-refractivity contribution in [2.75, 3.05) is 0 Å². The lowest BCUT2D eigenvalue weighted by Crippen LogP contribution is -2.19. The number of allylic oxidation sites excluding steroid dienone is 2. The maximum absolute atomic E-state index is 11.5. The molecule has 0 spiro atoms. The molecule has 0 radical (unpaired) electrons. The van der Waals surface area contributed by atoms with Crippen LogP contribution >= 0.6 is 0 Å². The van der Waals surface area contributed by atoms with Crippen molar-refractivity contribution >= 4 is 11.6 Å². The molecule has 0 aliphatic heterocycles. The molecule has 0 saturated carbocycles. The van der Waals surface area contributed by atoms with Gasteiger partial charge in [0.2, 0.25) is 0 Å². The molecule has 0 saturated heterocycles. The molecule has 1 aliphatic rings. The van der Waals surface area contributed by atoms with Gasteiger partial charge in [-0.15, -0.1) is 0 Å². The fourth-order valence-corrected chi connectivity index (χ4v) is 1.50. The second-order valence-corrected chi connectivity index (χ2v) is 3.62. The quantitative estimate of drug-likeness (QED) is 0.708. The number of hydrazone groups is 1. The fourth-order valence-electron chi connectivity index (χ4n) is 1.50. The van der Waals surface area contributed by atoms with E-state index in [9.17, 15) is 4.79 Å². The van der Waals surface area contributed by atoms with Crippen LogP contribution in [0, 0.1) is 0 Å². The molecule has 78 valence electrons. The third-order valence-corrected chi connectivity index (χ3v) is 2.33. The van der Waals surface area contributed by atoms with Crippen LogP contribution < -0.4 is 5.43 Å². The number of amides is 1. The van der Waals surface area contributed by atoms with E-state index >= 15 is 0 Å². The molecule has 1 aromatic heterocycles. The number of aromatic amines is 1. The zero-order chi connectivity index (χ0) is 10.7. The van der Waals surface area contributed by atoms with E-state index in [2.05, 4.69) is 22.4 Å². The Morgan fingerprint density at radius 3 is 3.00 bits per heavy atom. The SMILES string of the molecule is CC1=C/C(=N/NC(=O)c2ccc[nH]2)CC1. The molecule has 0 aromatic carbocycles. The minimum Gasteiger partial charge on any atom is -0.357 e. The van der Waals surface area contributed by atoms with E-state index in [1.807, 2.05) is 6.08 Å². The van der Waals surface area contributed by atoms with E-state index in [0.29, 0.717) is 5.69 Å². The summed E-state index contributed by atoms with van der Waals surface area (Å²) in [6.07, 6.45) is 5.67. The van der Waals surface area contributed by atoms with E-state index in [1.165, 1.54) is 5.57 Å². The van der Waals surface area contributed by atoms with Crippen LogP contribution in [0.3, 0.4) is 0 Å². The van der Waals surface area contributed by atoms with Gasteiger partial charge < -0.3 is 4.98 Å². The minimum atomic E-state index is -0.203. The standard InChI is InChI=1S/C11H13N3O/c1-8-4-5-9(7-8)13-14-11(15)10-3-2-6-12-10/h2-3,6-7,12H,4-5H2,1H3,(H,14,15)/b13-9+. The van der Waals surface area contributed by atoms with Crippen LogP contribution in [0.4, 0.5) is 0 Å². The van der Waals surface area contributed by atoms with Crippen molar-refractivity contribution in [1.29, 1.82) is 0 Å². The molecular weight excluding hydrogens is 190 g/mol. The smallest absolute Gasteiger partial charge is 0.287 e. The van der Waals surface area contributed by atoms with E-state index in [0.717, 1.165) is 18.6 Å². The van der Waals surface area contributed by atoms with Crippen LogP contribution in [0.5, 0.6) is 0 Å². The van der Waals surface area contributed by atoms with Gasteiger partial charge in [0, 0.05) is 6.20 Å². The minimum absolute atomic E-state index is 0.203. The Morgan fingerprint density at radius 2 is 2.40 bits per heavy atom. The highest BCUT2D eigenvalue weighted by atomic mass is 16.2. The summed E-state index contributed by atoms with van der Waals surface area (Å²) in [6.45, 7) is 2.06. The van der Waals surface area contributed by atoms with Crippen LogP contribution in [0.2, 0.25) is 0 Å². The van der Waals surface area contributed by atoms with Crippen molar-refractivity contribution in [3.8, 4) is 0 Å². The second-order valence-electron chi connectivity index (χ2n) is 3.62. The number of H-pyrrole nitrogens is 1. The molecule has 1 heterocycles. The van der Waals surface area contributed by atoms with Gasteiger partial charge in [0.05, 0.1) is 5.71 Å². The topological polar surface area (TPSA) is 57.2 Å². The molecule has 0 fully saturated rings. The molecule has 0 unspecified atom stereocenters. The summed E-state index contributed by atoms with van der Waals surface area (Å²) in [7, 11) is 0. The summed E-state index contributed by atoms with van der Waals surface area (Å²) < 4.78 is 0. The molecule has 1 aromatic rings. The Kier molecular flexibility index (Phi) is 2.67. The van der Waals surface area contributed by atoms with Crippen molar-refractivity contribution in [1.82, 2.24) is 10.4 Å². The van der Waals surface area contributed by atoms with Gasteiger partial charge in [-0.3, -0.25) is 4.79 Å². The Hall–Kier alpha value is -1.84. The molecule has 2 N–H and O–H groups in total. The van der Waals surface area contributed by atoms with Gasteiger partial charge in [-0.1, -0.05) is 5.57 Å². The van der Waals surface area contributed by atoms with Crippen LogP contribution in [0.25, 0.3) is 0 Å². The van der Waals surface area contributed by atoms with Gasteiger partial charge >= 0.3 is 0 Å². The fraction of sp³-hybridized carbons (Fsp3) is 0.273. The van der Waals surface area contributed by atoms with Crippen molar-refractivity contribution < 1.29 is 4.79 Å². The van der Waals surface area contributed by atoms with Gasteiger partial charge in [0.1, 0.15) is 5.69 Å². The number of nitrogens with zero attached hydrogens (tertiary/aromatic N) is 1. The Bertz CT molecular complexity index is 415. The van der Waals surface area contributed by atoms with Gasteiger partial charge in [-0.25, -0.2) is 5.43 Å². The van der Waals surface area contributed by atoms with Gasteiger partial charge in [-0.05, 0) is 38.0 Å². The summed E-state index contributed by atoms with van der Waals surface area (Å²) in [5.41, 5.74) is 5.29. The van der Waals surface area contributed by atoms with Gasteiger partial charge in [-0.2, -0.15) is 5.10 Å². The Morgan fingerprint density at radius 1 is 1.53 bits per heavy atom. The number of hydrogen-bond acceptors (Lipinski definition) is 2. The molecule has 4 heteroatoms. The summed E-state index contributed by atoms with van der Waals surface area (Å²) in [5.74, 6) is -0.203. The van der Waals surface area contributed by atoms with E-state index < -0.39 is 0 Å². The predicted octanol–water partition coefficient (Wildman–Crippen LogP) is 1.84. The average molecular weight is 203 g/mol. The average Bonchev–Trinajstić information content (AvgIpc) is 2.84. The summed E-state index contributed by atoms with van der Waals surface area (Å²) in [6, 6.07) is 3.49. The summed E-state index contributed by atoms with van der Waals surface area (Å²) >= 11 is 0. The number of carbonyl (C=O) groups is 1. The predicted molar refractivity (Wildman–Crippen MR) is 58.7 cm³/mol. The van der Waals surface area contributed by atoms with E-state index in [-0.39, 0.29) is 5.91 Å². The number of carbonyl (C=O) groups excluding carboxylic acids is 1. The van der Waals surface area contributed by atoms with Crippen molar-refractivity contribution in [3.63, 3.8) is 0 Å². The maximum Gasteiger partial charge on any atom is 0.287 e. The lowest BCUT2D eigenvalue weighted by molar-refractivity contribution is 0.0950. The van der Waals surface area contributed by atoms with Gasteiger partial charge in [0.15, 0.2) is 0 Å². The molecule has 2 rings (SSSR count).